The molecule has 1 aromatic carbocycles. The fourth-order valence-corrected chi connectivity index (χ4v) is 5.22. The average Bonchev–Trinajstić information content (AvgIpc) is 3.58. The molecule has 6 rings (SSSR count). The molecule has 0 spiro atoms. The van der Waals surface area contributed by atoms with Crippen molar-refractivity contribution in [2.45, 2.75) is 38.6 Å². The Morgan fingerprint density at radius 1 is 1.09 bits per heavy atom. The number of piperidine rings is 1. The zero-order valence-corrected chi connectivity index (χ0v) is 18.2. The highest BCUT2D eigenvalue weighted by atomic mass is 15.1. The second-order valence-electron chi connectivity index (χ2n) is 8.76. The van der Waals surface area contributed by atoms with Crippen LogP contribution < -0.4 is 0 Å². The third-order valence-electron chi connectivity index (χ3n) is 6.92. The molecule has 0 radical (unpaired) electrons. The third kappa shape index (κ3) is 3.29. The lowest BCUT2D eigenvalue weighted by atomic mass is 9.88. The Morgan fingerprint density at radius 3 is 2.81 bits per heavy atom. The maximum absolute atomic E-state index is 4.40. The van der Waals surface area contributed by atoms with Gasteiger partial charge in [0.1, 0.15) is 0 Å². The molecule has 0 amide bonds. The van der Waals surface area contributed by atoms with Crippen molar-refractivity contribution >= 4 is 21.9 Å². The van der Waals surface area contributed by atoms with Gasteiger partial charge in [-0.2, -0.15) is 5.10 Å². The summed E-state index contributed by atoms with van der Waals surface area (Å²) < 4.78 is 0. The number of benzene rings is 1. The van der Waals surface area contributed by atoms with Gasteiger partial charge in [0.2, 0.25) is 0 Å². The molecule has 3 N–H and O–H groups in total. The van der Waals surface area contributed by atoms with E-state index in [4.69, 9.17) is 0 Å². The van der Waals surface area contributed by atoms with Crippen LogP contribution >= 0.6 is 0 Å². The van der Waals surface area contributed by atoms with Gasteiger partial charge in [-0.1, -0.05) is 13.0 Å². The minimum absolute atomic E-state index is 0.613. The molecule has 4 aromatic heterocycles. The monoisotopic (exact) mass is 425 g/mol. The summed E-state index contributed by atoms with van der Waals surface area (Å²) in [6.07, 6.45) is 10.8. The van der Waals surface area contributed by atoms with Gasteiger partial charge in [-0.3, -0.25) is 10.00 Å². The molecule has 7 heteroatoms. The number of hydrogen-bond donors (Lipinski definition) is 3. The molecule has 7 nitrogen and oxygen atoms in total. The molecule has 5 heterocycles. The minimum Gasteiger partial charge on any atom is -0.354 e. The molecule has 0 unspecified atom stereocenters. The predicted octanol–water partition coefficient (Wildman–Crippen LogP) is 4.77. The normalized spacial score (nSPS) is 15.8. The molecule has 1 aliphatic rings. The summed E-state index contributed by atoms with van der Waals surface area (Å²) in [5.74, 6) is 0.613. The standard InChI is InChI=1S/C25H27N7/c1-2-19-21-11-17(16-6-9-32(10-7-16)14-18-12-26-15-28-18)3-4-23(21)30-24(19)20-5-8-27-25-22(20)13-29-31-25/h3-5,8,11-13,15-16,30H,2,6-7,9-10,14H2,1H3,(H,26,28)(H,27,29,31). The molecule has 1 aliphatic heterocycles. The van der Waals surface area contributed by atoms with E-state index in [0.717, 1.165) is 42.7 Å². The number of aryl methyl sites for hydroxylation is 1. The quantitative estimate of drug-likeness (QED) is 0.378. The van der Waals surface area contributed by atoms with Crippen molar-refractivity contribution in [3.63, 3.8) is 0 Å². The van der Waals surface area contributed by atoms with Gasteiger partial charge >= 0.3 is 0 Å². The van der Waals surface area contributed by atoms with E-state index in [1.165, 1.54) is 46.3 Å². The fourth-order valence-electron chi connectivity index (χ4n) is 5.22. The molecule has 1 fully saturated rings. The average molecular weight is 426 g/mol. The number of aromatic nitrogens is 6. The highest BCUT2D eigenvalue weighted by Gasteiger charge is 2.22. The van der Waals surface area contributed by atoms with Crippen LogP contribution in [-0.4, -0.2) is 48.1 Å². The lowest BCUT2D eigenvalue weighted by molar-refractivity contribution is 0.203. The molecule has 1 saturated heterocycles. The lowest BCUT2D eigenvalue weighted by Gasteiger charge is -2.31. The Bertz CT molecular complexity index is 1350. The van der Waals surface area contributed by atoms with Crippen molar-refractivity contribution in [1.29, 1.82) is 0 Å². The number of nitrogens with one attached hydrogen (secondary N) is 3. The largest absolute Gasteiger partial charge is 0.354 e. The van der Waals surface area contributed by atoms with Crippen molar-refractivity contribution in [3.8, 4) is 11.3 Å². The van der Waals surface area contributed by atoms with Crippen LogP contribution in [0.4, 0.5) is 0 Å². The van der Waals surface area contributed by atoms with E-state index in [9.17, 15) is 0 Å². The summed E-state index contributed by atoms with van der Waals surface area (Å²) in [6.45, 7) is 5.44. The Kier molecular flexibility index (Phi) is 4.76. The van der Waals surface area contributed by atoms with E-state index < -0.39 is 0 Å². The third-order valence-corrected chi connectivity index (χ3v) is 6.92. The second-order valence-corrected chi connectivity index (χ2v) is 8.76. The van der Waals surface area contributed by atoms with Crippen LogP contribution in [-0.2, 0) is 13.0 Å². The first-order valence-corrected chi connectivity index (χ1v) is 11.4. The van der Waals surface area contributed by atoms with Crippen LogP contribution in [0.25, 0.3) is 33.2 Å². The first kappa shape index (κ1) is 19.3. The zero-order chi connectivity index (χ0) is 21.5. The van der Waals surface area contributed by atoms with Gasteiger partial charge in [-0.25, -0.2) is 9.97 Å². The summed E-state index contributed by atoms with van der Waals surface area (Å²) in [7, 11) is 0. The number of fused-ring (bicyclic) bond motifs is 2. The van der Waals surface area contributed by atoms with Crippen LogP contribution in [0.1, 0.15) is 42.5 Å². The van der Waals surface area contributed by atoms with Crippen LogP contribution in [0.3, 0.4) is 0 Å². The fraction of sp³-hybridized carbons (Fsp3) is 0.320. The second kappa shape index (κ2) is 7.91. The number of imidazole rings is 1. The Morgan fingerprint density at radius 2 is 2.00 bits per heavy atom. The van der Waals surface area contributed by atoms with Gasteiger partial charge < -0.3 is 9.97 Å². The van der Waals surface area contributed by atoms with Gasteiger partial charge in [0.25, 0.3) is 0 Å². The topological polar surface area (TPSA) is 89.3 Å². The SMILES string of the molecule is CCc1c(-c2ccnc3[nH]ncc23)[nH]c2ccc(C3CCN(Cc4cnc[nH]4)CC3)cc12. The smallest absolute Gasteiger partial charge is 0.155 e. The minimum atomic E-state index is 0.613. The predicted molar refractivity (Wildman–Crippen MR) is 126 cm³/mol. The van der Waals surface area contributed by atoms with E-state index >= 15 is 0 Å². The van der Waals surface area contributed by atoms with Gasteiger partial charge in [-0.05, 0) is 67.6 Å². The van der Waals surface area contributed by atoms with Crippen molar-refractivity contribution < 1.29 is 0 Å². The highest BCUT2D eigenvalue weighted by molar-refractivity contribution is 5.98. The summed E-state index contributed by atoms with van der Waals surface area (Å²) >= 11 is 0. The van der Waals surface area contributed by atoms with Gasteiger partial charge in [-0.15, -0.1) is 0 Å². The first-order valence-electron chi connectivity index (χ1n) is 11.4. The van der Waals surface area contributed by atoms with Crippen LogP contribution in [0.2, 0.25) is 0 Å². The molecular formula is C25H27N7. The molecule has 0 saturated carbocycles. The highest BCUT2D eigenvalue weighted by Crippen LogP contribution is 2.37. The molecule has 32 heavy (non-hydrogen) atoms. The molecule has 5 aromatic rings. The van der Waals surface area contributed by atoms with Gasteiger partial charge in [0, 0.05) is 46.5 Å². The number of likely N-dealkylation sites (tertiary alicyclic amines) is 1. The van der Waals surface area contributed by atoms with E-state index in [2.05, 4.69) is 66.2 Å². The molecular weight excluding hydrogens is 398 g/mol. The zero-order valence-electron chi connectivity index (χ0n) is 18.2. The summed E-state index contributed by atoms with van der Waals surface area (Å²) in [4.78, 5) is 18.0. The van der Waals surface area contributed by atoms with Crippen LogP contribution in [0, 0.1) is 0 Å². The van der Waals surface area contributed by atoms with Crippen molar-refractivity contribution in [2.24, 2.45) is 0 Å². The lowest BCUT2D eigenvalue weighted by Crippen LogP contribution is -2.32. The number of nitrogens with zero attached hydrogens (tertiary/aromatic N) is 4. The number of aromatic amines is 3. The Hall–Kier alpha value is -3.45. The van der Waals surface area contributed by atoms with Gasteiger partial charge in [0.15, 0.2) is 5.65 Å². The van der Waals surface area contributed by atoms with E-state index in [0.29, 0.717) is 5.92 Å². The van der Waals surface area contributed by atoms with E-state index in [1.54, 1.807) is 6.33 Å². The molecule has 162 valence electrons. The van der Waals surface area contributed by atoms with Crippen LogP contribution in [0.15, 0.2) is 49.2 Å². The number of hydrogen-bond acceptors (Lipinski definition) is 4. The first-order chi connectivity index (χ1) is 15.8. The van der Waals surface area contributed by atoms with E-state index in [1.807, 2.05) is 18.6 Å². The number of H-pyrrole nitrogens is 3. The maximum atomic E-state index is 4.40. The van der Waals surface area contributed by atoms with Crippen molar-refractivity contribution in [3.05, 3.63) is 66.0 Å². The summed E-state index contributed by atoms with van der Waals surface area (Å²) in [6, 6.07) is 9.09. The summed E-state index contributed by atoms with van der Waals surface area (Å²) in [5.41, 5.74) is 8.39. The summed E-state index contributed by atoms with van der Waals surface area (Å²) in [5, 5.41) is 9.57. The van der Waals surface area contributed by atoms with Crippen molar-refractivity contribution in [1.82, 2.24) is 35.0 Å². The molecule has 0 atom stereocenters. The van der Waals surface area contributed by atoms with Crippen molar-refractivity contribution in [2.75, 3.05) is 13.1 Å². The van der Waals surface area contributed by atoms with Crippen LogP contribution in [0.5, 0.6) is 0 Å². The maximum Gasteiger partial charge on any atom is 0.155 e. The number of rotatable bonds is 5. The molecule has 0 bridgehead atoms. The Labute approximate surface area is 186 Å². The van der Waals surface area contributed by atoms with E-state index in [-0.39, 0.29) is 0 Å². The Balaban J connectivity index is 1.29. The van der Waals surface area contributed by atoms with Gasteiger partial charge in [0.05, 0.1) is 18.2 Å². The molecule has 0 aliphatic carbocycles. The number of pyridine rings is 1.